The van der Waals surface area contributed by atoms with E-state index in [1.165, 1.54) is 0 Å². The van der Waals surface area contributed by atoms with Crippen LogP contribution in [0.1, 0.15) is 11.1 Å². The zero-order valence-corrected chi connectivity index (χ0v) is 11.8. The summed E-state index contributed by atoms with van der Waals surface area (Å²) in [5.41, 5.74) is 8.47. The summed E-state index contributed by atoms with van der Waals surface area (Å²) < 4.78 is 16.2. The van der Waals surface area contributed by atoms with Crippen molar-refractivity contribution in [2.24, 2.45) is 0 Å². The lowest BCUT2D eigenvalue weighted by Gasteiger charge is -2.11. The second-order valence-electron chi connectivity index (χ2n) is 4.44. The second kappa shape index (κ2) is 6.82. The lowest BCUT2D eigenvalue weighted by Crippen LogP contribution is -2.00. The van der Waals surface area contributed by atoms with Gasteiger partial charge in [-0.25, -0.2) is 0 Å². The highest BCUT2D eigenvalue weighted by molar-refractivity contribution is 5.47. The number of methoxy groups -OCH3 is 2. The van der Waals surface area contributed by atoms with Gasteiger partial charge in [-0.05, 0) is 35.9 Å². The van der Waals surface area contributed by atoms with Crippen molar-refractivity contribution in [3.05, 3.63) is 53.6 Å². The molecule has 4 nitrogen and oxygen atoms in total. The molecule has 2 aromatic rings. The molecule has 4 heteroatoms. The Morgan fingerprint density at radius 3 is 2.60 bits per heavy atom. The van der Waals surface area contributed by atoms with Crippen molar-refractivity contribution in [2.45, 2.75) is 13.2 Å². The van der Waals surface area contributed by atoms with Crippen LogP contribution in [0.3, 0.4) is 0 Å². The van der Waals surface area contributed by atoms with Crippen molar-refractivity contribution in [3.63, 3.8) is 0 Å². The van der Waals surface area contributed by atoms with Crippen LogP contribution < -0.4 is 15.2 Å². The summed E-state index contributed by atoms with van der Waals surface area (Å²) in [7, 11) is 3.30. The Hall–Kier alpha value is -2.20. The van der Waals surface area contributed by atoms with Crippen LogP contribution in [0.15, 0.2) is 42.5 Å². The Balaban J connectivity index is 2.08. The lowest BCUT2D eigenvalue weighted by molar-refractivity contribution is 0.184. The summed E-state index contributed by atoms with van der Waals surface area (Å²) in [5.74, 6) is 1.57. The third-order valence-electron chi connectivity index (χ3n) is 2.91. The van der Waals surface area contributed by atoms with E-state index >= 15 is 0 Å². The average Bonchev–Trinajstić information content (AvgIpc) is 2.46. The summed E-state index contributed by atoms with van der Waals surface area (Å²) in [6, 6.07) is 13.3. The van der Waals surface area contributed by atoms with Gasteiger partial charge in [-0.15, -0.1) is 0 Å². The van der Waals surface area contributed by atoms with Crippen molar-refractivity contribution in [1.29, 1.82) is 0 Å². The summed E-state index contributed by atoms with van der Waals surface area (Å²) in [6.45, 7) is 0.976. The van der Waals surface area contributed by atoms with Crippen molar-refractivity contribution >= 4 is 5.69 Å². The Morgan fingerprint density at radius 2 is 1.85 bits per heavy atom. The molecule has 0 unspecified atom stereocenters. The molecule has 0 bridgehead atoms. The van der Waals surface area contributed by atoms with Crippen LogP contribution in [0.25, 0.3) is 0 Å². The third kappa shape index (κ3) is 3.65. The maximum absolute atomic E-state index is 5.79. The first-order chi connectivity index (χ1) is 9.72. The zero-order valence-electron chi connectivity index (χ0n) is 11.8. The molecule has 0 saturated heterocycles. The normalized spacial score (nSPS) is 10.3. The molecule has 0 saturated carbocycles. The monoisotopic (exact) mass is 273 g/mol. The minimum absolute atomic E-state index is 0.407. The molecular weight excluding hydrogens is 254 g/mol. The van der Waals surface area contributed by atoms with Crippen molar-refractivity contribution < 1.29 is 14.2 Å². The predicted octanol–water partition coefficient (Wildman–Crippen LogP) is 3.00. The van der Waals surface area contributed by atoms with E-state index in [9.17, 15) is 0 Å². The van der Waals surface area contributed by atoms with Gasteiger partial charge in [0.05, 0.1) is 13.7 Å². The Labute approximate surface area is 119 Å². The summed E-state index contributed by atoms with van der Waals surface area (Å²) in [6.07, 6.45) is 0. The number of anilines is 1. The van der Waals surface area contributed by atoms with Gasteiger partial charge in [-0.3, -0.25) is 0 Å². The molecule has 0 fully saturated rings. The van der Waals surface area contributed by atoms with Gasteiger partial charge in [-0.1, -0.05) is 12.1 Å². The van der Waals surface area contributed by atoms with Gasteiger partial charge in [0, 0.05) is 18.4 Å². The molecule has 0 aliphatic heterocycles. The molecule has 0 aromatic heterocycles. The molecule has 0 amide bonds. The largest absolute Gasteiger partial charge is 0.496 e. The van der Waals surface area contributed by atoms with Crippen LogP contribution >= 0.6 is 0 Å². The van der Waals surface area contributed by atoms with Gasteiger partial charge in [0.2, 0.25) is 0 Å². The molecule has 0 radical (unpaired) electrons. The van der Waals surface area contributed by atoms with Crippen molar-refractivity contribution in [2.75, 3.05) is 20.0 Å². The molecular formula is C16H19NO3. The number of rotatable bonds is 6. The topological polar surface area (TPSA) is 53.7 Å². The van der Waals surface area contributed by atoms with Crippen LogP contribution in [0.5, 0.6) is 11.5 Å². The van der Waals surface area contributed by atoms with Crippen LogP contribution in [-0.4, -0.2) is 14.2 Å². The van der Waals surface area contributed by atoms with Gasteiger partial charge in [0.1, 0.15) is 18.1 Å². The summed E-state index contributed by atoms with van der Waals surface area (Å²) >= 11 is 0. The van der Waals surface area contributed by atoms with Gasteiger partial charge >= 0.3 is 0 Å². The highest BCUT2D eigenvalue weighted by Crippen LogP contribution is 2.23. The van der Waals surface area contributed by atoms with Gasteiger partial charge in [0.15, 0.2) is 0 Å². The van der Waals surface area contributed by atoms with Gasteiger partial charge in [-0.2, -0.15) is 0 Å². The Morgan fingerprint density at radius 1 is 1.00 bits per heavy atom. The van der Waals surface area contributed by atoms with Gasteiger partial charge in [0.25, 0.3) is 0 Å². The standard InChI is InChI=1S/C16H19NO3/c1-18-10-12-4-3-5-15(8-12)20-11-13-9-14(17)6-7-16(13)19-2/h3-9H,10-11,17H2,1-2H3. The van der Waals surface area contributed by atoms with E-state index in [4.69, 9.17) is 19.9 Å². The SMILES string of the molecule is COCc1cccc(OCc2cc(N)ccc2OC)c1. The zero-order chi connectivity index (χ0) is 14.4. The predicted molar refractivity (Wildman–Crippen MR) is 78.9 cm³/mol. The van der Waals surface area contributed by atoms with E-state index in [1.807, 2.05) is 42.5 Å². The number of nitrogen functional groups attached to an aromatic ring is 1. The lowest BCUT2D eigenvalue weighted by atomic mass is 10.2. The molecule has 0 aliphatic rings. The van der Waals surface area contributed by atoms with E-state index in [0.717, 1.165) is 22.6 Å². The molecule has 0 atom stereocenters. The maximum atomic E-state index is 5.79. The summed E-state index contributed by atoms with van der Waals surface area (Å²) in [5, 5.41) is 0. The molecule has 0 heterocycles. The smallest absolute Gasteiger partial charge is 0.125 e. The maximum Gasteiger partial charge on any atom is 0.125 e. The number of nitrogens with two attached hydrogens (primary N) is 1. The van der Waals surface area contributed by atoms with Crippen molar-refractivity contribution in [1.82, 2.24) is 0 Å². The highest BCUT2D eigenvalue weighted by atomic mass is 16.5. The molecule has 0 spiro atoms. The molecule has 2 aromatic carbocycles. The third-order valence-corrected chi connectivity index (χ3v) is 2.91. The second-order valence-corrected chi connectivity index (χ2v) is 4.44. The van der Waals surface area contributed by atoms with E-state index < -0.39 is 0 Å². The molecule has 106 valence electrons. The quantitative estimate of drug-likeness (QED) is 0.822. The van der Waals surface area contributed by atoms with E-state index in [-0.39, 0.29) is 0 Å². The van der Waals surface area contributed by atoms with Crippen LogP contribution in [0.2, 0.25) is 0 Å². The van der Waals surface area contributed by atoms with E-state index in [0.29, 0.717) is 18.9 Å². The first kappa shape index (κ1) is 14.2. The fourth-order valence-corrected chi connectivity index (χ4v) is 1.96. The number of benzene rings is 2. The molecule has 2 rings (SSSR count). The van der Waals surface area contributed by atoms with E-state index in [2.05, 4.69) is 0 Å². The van der Waals surface area contributed by atoms with Crippen LogP contribution in [0, 0.1) is 0 Å². The molecule has 20 heavy (non-hydrogen) atoms. The summed E-state index contributed by atoms with van der Waals surface area (Å²) in [4.78, 5) is 0. The number of ether oxygens (including phenoxy) is 3. The minimum Gasteiger partial charge on any atom is -0.496 e. The first-order valence-electron chi connectivity index (χ1n) is 6.36. The first-order valence-corrected chi connectivity index (χ1v) is 6.36. The van der Waals surface area contributed by atoms with Crippen LogP contribution in [0.4, 0.5) is 5.69 Å². The number of hydrogen-bond acceptors (Lipinski definition) is 4. The molecule has 2 N–H and O–H groups in total. The average molecular weight is 273 g/mol. The Bertz CT molecular complexity index is 569. The Kier molecular flexibility index (Phi) is 4.85. The van der Waals surface area contributed by atoms with Gasteiger partial charge < -0.3 is 19.9 Å². The molecule has 0 aliphatic carbocycles. The highest BCUT2D eigenvalue weighted by Gasteiger charge is 2.05. The fraction of sp³-hybridized carbons (Fsp3) is 0.250. The van der Waals surface area contributed by atoms with E-state index in [1.54, 1.807) is 14.2 Å². The van der Waals surface area contributed by atoms with Crippen molar-refractivity contribution in [3.8, 4) is 11.5 Å². The number of hydrogen-bond donors (Lipinski definition) is 1. The van der Waals surface area contributed by atoms with Crippen LogP contribution in [-0.2, 0) is 18.0 Å². The minimum atomic E-state index is 0.407. The fourth-order valence-electron chi connectivity index (χ4n) is 1.96.